The van der Waals surface area contributed by atoms with Crippen LogP contribution in [0.15, 0.2) is 48.5 Å². The summed E-state index contributed by atoms with van der Waals surface area (Å²) >= 11 is 1.48. The third-order valence-electron chi connectivity index (χ3n) is 4.18. The SMILES string of the molecule is O=C(Nc1ccc2c(c1)OCO2)c1cc2c(s1)-c1ccccc1OC2. The third kappa shape index (κ3) is 2.42. The predicted molar refractivity (Wildman–Crippen MR) is 94.6 cm³/mol. The van der Waals surface area contributed by atoms with Gasteiger partial charge in [0.1, 0.15) is 12.4 Å². The van der Waals surface area contributed by atoms with Gasteiger partial charge in [-0.1, -0.05) is 12.1 Å². The Labute approximate surface area is 147 Å². The van der Waals surface area contributed by atoms with Gasteiger partial charge in [0.05, 0.1) is 4.88 Å². The van der Waals surface area contributed by atoms with E-state index in [9.17, 15) is 4.79 Å². The van der Waals surface area contributed by atoms with E-state index in [0.29, 0.717) is 28.7 Å². The molecular weight excluding hydrogens is 338 g/mol. The van der Waals surface area contributed by atoms with Crippen LogP contribution in [0.2, 0.25) is 0 Å². The van der Waals surface area contributed by atoms with Crippen molar-refractivity contribution in [1.82, 2.24) is 0 Å². The zero-order valence-electron chi connectivity index (χ0n) is 13.1. The van der Waals surface area contributed by atoms with Gasteiger partial charge in [0, 0.05) is 27.8 Å². The van der Waals surface area contributed by atoms with Gasteiger partial charge >= 0.3 is 0 Å². The second kappa shape index (κ2) is 5.53. The Hall–Kier alpha value is -2.99. The molecule has 0 fully saturated rings. The first-order chi connectivity index (χ1) is 12.3. The Bertz CT molecular complexity index is 995. The van der Waals surface area contributed by atoms with E-state index < -0.39 is 0 Å². The van der Waals surface area contributed by atoms with Crippen molar-refractivity contribution in [2.45, 2.75) is 6.61 Å². The van der Waals surface area contributed by atoms with Crippen molar-refractivity contribution in [2.75, 3.05) is 12.1 Å². The highest BCUT2D eigenvalue weighted by Crippen LogP contribution is 2.42. The number of carbonyl (C=O) groups excluding carboxylic acids is 1. The molecule has 1 N–H and O–H groups in total. The van der Waals surface area contributed by atoms with Gasteiger partial charge in [-0.05, 0) is 30.3 Å². The van der Waals surface area contributed by atoms with E-state index in [4.69, 9.17) is 14.2 Å². The van der Waals surface area contributed by atoms with Crippen LogP contribution in [-0.2, 0) is 6.61 Å². The molecule has 3 heterocycles. The minimum absolute atomic E-state index is 0.143. The number of benzene rings is 2. The fraction of sp³-hybridized carbons (Fsp3) is 0.105. The first-order valence-corrected chi connectivity index (χ1v) is 8.65. The van der Waals surface area contributed by atoms with Crippen LogP contribution in [0.25, 0.3) is 10.4 Å². The van der Waals surface area contributed by atoms with Crippen molar-refractivity contribution >= 4 is 22.9 Å². The molecule has 25 heavy (non-hydrogen) atoms. The summed E-state index contributed by atoms with van der Waals surface area (Å²) in [4.78, 5) is 14.4. The Balaban J connectivity index is 1.43. The molecule has 0 saturated carbocycles. The topological polar surface area (TPSA) is 56.8 Å². The van der Waals surface area contributed by atoms with Gasteiger partial charge in [0.15, 0.2) is 11.5 Å². The standard InChI is InChI=1S/C19H13NO4S/c21-19(20-12-5-6-15-16(8-12)24-10-23-15)17-7-11-9-22-14-4-2-1-3-13(14)18(11)25-17/h1-8H,9-10H2,(H,20,21). The summed E-state index contributed by atoms with van der Waals surface area (Å²) in [5, 5.41) is 2.92. The van der Waals surface area contributed by atoms with E-state index in [0.717, 1.165) is 21.8 Å². The number of para-hydroxylation sites is 1. The number of ether oxygens (including phenoxy) is 3. The van der Waals surface area contributed by atoms with Crippen molar-refractivity contribution < 1.29 is 19.0 Å². The summed E-state index contributed by atoms with van der Waals surface area (Å²) in [6, 6.07) is 15.2. The predicted octanol–water partition coefficient (Wildman–Crippen LogP) is 4.29. The van der Waals surface area contributed by atoms with E-state index in [1.54, 1.807) is 18.2 Å². The molecule has 0 bridgehead atoms. The number of hydrogen-bond acceptors (Lipinski definition) is 5. The van der Waals surface area contributed by atoms with Crippen molar-refractivity contribution in [1.29, 1.82) is 0 Å². The minimum Gasteiger partial charge on any atom is -0.488 e. The molecule has 0 saturated heterocycles. The smallest absolute Gasteiger partial charge is 0.265 e. The molecule has 2 aromatic carbocycles. The Morgan fingerprint density at radius 2 is 1.84 bits per heavy atom. The molecule has 2 aliphatic heterocycles. The maximum atomic E-state index is 12.6. The second-order valence-electron chi connectivity index (χ2n) is 5.77. The fourth-order valence-corrected chi connectivity index (χ4v) is 4.07. The molecule has 0 aliphatic carbocycles. The van der Waals surface area contributed by atoms with Crippen LogP contribution in [0.3, 0.4) is 0 Å². The summed E-state index contributed by atoms with van der Waals surface area (Å²) in [6.07, 6.45) is 0. The molecule has 0 atom stereocenters. The molecule has 0 unspecified atom stereocenters. The van der Waals surface area contributed by atoms with Gasteiger partial charge in [0.2, 0.25) is 6.79 Å². The molecule has 5 rings (SSSR count). The highest BCUT2D eigenvalue weighted by atomic mass is 32.1. The van der Waals surface area contributed by atoms with Crippen LogP contribution >= 0.6 is 11.3 Å². The second-order valence-corrected chi connectivity index (χ2v) is 6.82. The maximum absolute atomic E-state index is 12.6. The average molecular weight is 351 g/mol. The van der Waals surface area contributed by atoms with Gasteiger partial charge < -0.3 is 19.5 Å². The van der Waals surface area contributed by atoms with Crippen LogP contribution in [0.5, 0.6) is 17.2 Å². The lowest BCUT2D eigenvalue weighted by Crippen LogP contribution is -2.10. The Morgan fingerprint density at radius 3 is 2.80 bits per heavy atom. The van der Waals surface area contributed by atoms with E-state index >= 15 is 0 Å². The molecule has 1 amide bonds. The van der Waals surface area contributed by atoms with Crippen LogP contribution in [-0.4, -0.2) is 12.7 Å². The normalized spacial score (nSPS) is 13.6. The zero-order valence-corrected chi connectivity index (χ0v) is 13.9. The monoisotopic (exact) mass is 351 g/mol. The third-order valence-corrected chi connectivity index (χ3v) is 5.39. The fourth-order valence-electron chi connectivity index (χ4n) is 2.98. The Morgan fingerprint density at radius 1 is 0.960 bits per heavy atom. The number of thiophene rings is 1. The van der Waals surface area contributed by atoms with E-state index in [1.807, 2.05) is 30.3 Å². The summed E-state index contributed by atoms with van der Waals surface area (Å²) in [7, 11) is 0. The highest BCUT2D eigenvalue weighted by molar-refractivity contribution is 7.17. The number of fused-ring (bicyclic) bond motifs is 4. The van der Waals surface area contributed by atoms with Crippen molar-refractivity contribution in [3.8, 4) is 27.7 Å². The molecule has 3 aromatic rings. The molecule has 0 radical (unpaired) electrons. The number of rotatable bonds is 2. The van der Waals surface area contributed by atoms with Crippen LogP contribution in [0, 0.1) is 0 Å². The lowest BCUT2D eigenvalue weighted by atomic mass is 10.1. The number of anilines is 1. The largest absolute Gasteiger partial charge is 0.488 e. The summed E-state index contributed by atoms with van der Waals surface area (Å²) in [6.45, 7) is 0.698. The number of nitrogens with one attached hydrogen (secondary N) is 1. The number of amides is 1. The summed E-state index contributed by atoms with van der Waals surface area (Å²) < 4.78 is 16.4. The molecular formula is C19H13NO4S. The molecule has 5 nitrogen and oxygen atoms in total. The first-order valence-electron chi connectivity index (χ1n) is 7.84. The van der Waals surface area contributed by atoms with Crippen LogP contribution in [0.4, 0.5) is 5.69 Å². The van der Waals surface area contributed by atoms with Gasteiger partial charge in [0.25, 0.3) is 5.91 Å². The maximum Gasteiger partial charge on any atom is 0.265 e. The summed E-state index contributed by atoms with van der Waals surface area (Å²) in [5.74, 6) is 2.05. The molecule has 6 heteroatoms. The van der Waals surface area contributed by atoms with Gasteiger partial charge in [-0.15, -0.1) is 11.3 Å². The molecule has 2 aliphatic rings. The molecule has 0 spiro atoms. The number of hydrogen-bond donors (Lipinski definition) is 1. The van der Waals surface area contributed by atoms with E-state index in [1.165, 1.54) is 11.3 Å². The zero-order chi connectivity index (χ0) is 16.8. The number of carbonyl (C=O) groups is 1. The summed E-state index contributed by atoms with van der Waals surface area (Å²) in [5.41, 5.74) is 2.76. The Kier molecular flexibility index (Phi) is 3.18. The minimum atomic E-state index is -0.143. The van der Waals surface area contributed by atoms with Crippen molar-refractivity contribution in [3.05, 3.63) is 59.0 Å². The first kappa shape index (κ1) is 14.4. The lowest BCUT2D eigenvalue weighted by molar-refractivity contribution is 0.103. The molecule has 1 aromatic heterocycles. The highest BCUT2D eigenvalue weighted by Gasteiger charge is 2.23. The molecule has 124 valence electrons. The van der Waals surface area contributed by atoms with Gasteiger partial charge in [-0.2, -0.15) is 0 Å². The van der Waals surface area contributed by atoms with E-state index in [2.05, 4.69) is 5.32 Å². The van der Waals surface area contributed by atoms with Gasteiger partial charge in [-0.25, -0.2) is 0 Å². The van der Waals surface area contributed by atoms with Crippen LogP contribution in [0.1, 0.15) is 15.2 Å². The van der Waals surface area contributed by atoms with Crippen molar-refractivity contribution in [3.63, 3.8) is 0 Å². The quantitative estimate of drug-likeness (QED) is 0.748. The lowest BCUT2D eigenvalue weighted by Gasteiger charge is -2.16. The van der Waals surface area contributed by atoms with Crippen LogP contribution < -0.4 is 19.5 Å². The van der Waals surface area contributed by atoms with Gasteiger partial charge in [-0.3, -0.25) is 4.79 Å². The van der Waals surface area contributed by atoms with Crippen molar-refractivity contribution in [2.24, 2.45) is 0 Å². The van der Waals surface area contributed by atoms with E-state index in [-0.39, 0.29) is 12.7 Å². The average Bonchev–Trinajstić information content (AvgIpc) is 3.28.